The van der Waals surface area contributed by atoms with Crippen LogP contribution < -0.4 is 11.5 Å². The molecule has 0 atom stereocenters. The summed E-state index contributed by atoms with van der Waals surface area (Å²) in [4.78, 5) is 5.91. The van der Waals surface area contributed by atoms with Gasteiger partial charge in [0.15, 0.2) is 5.96 Å². The van der Waals surface area contributed by atoms with Gasteiger partial charge in [-0.3, -0.25) is 5.41 Å². The van der Waals surface area contributed by atoms with Crippen LogP contribution in [-0.2, 0) is 0 Å². The molecular formula is C9H19N5. The number of nitrogens with two attached hydrogens (primary N) is 2. The molecule has 0 spiro atoms. The molecule has 0 saturated carbocycles. The van der Waals surface area contributed by atoms with Crippen LogP contribution in [0, 0.1) is 5.41 Å². The molecule has 0 radical (unpaired) electrons. The molecule has 0 aromatic heterocycles. The van der Waals surface area contributed by atoms with E-state index in [4.69, 9.17) is 16.9 Å². The summed E-state index contributed by atoms with van der Waals surface area (Å²) < 4.78 is 0. The Morgan fingerprint density at radius 1 is 1.14 bits per heavy atom. The molecule has 1 fully saturated rings. The molecule has 80 valence electrons. The Hall–Kier alpha value is -1.26. The lowest BCUT2D eigenvalue weighted by molar-refractivity contribution is 0.427. The van der Waals surface area contributed by atoms with Crippen molar-refractivity contribution in [3.63, 3.8) is 0 Å². The number of rotatable bonds is 2. The molecule has 0 aliphatic carbocycles. The lowest BCUT2D eigenvalue weighted by Crippen LogP contribution is -2.34. The number of hydrogen-bond acceptors (Lipinski definition) is 2. The van der Waals surface area contributed by atoms with Gasteiger partial charge in [0.1, 0.15) is 5.84 Å². The highest BCUT2D eigenvalue weighted by Gasteiger charge is 2.11. The Morgan fingerprint density at radius 2 is 1.71 bits per heavy atom. The zero-order chi connectivity index (χ0) is 10.4. The molecule has 1 rings (SSSR count). The Bertz CT molecular complexity index is 211. The Kier molecular flexibility index (Phi) is 4.22. The Labute approximate surface area is 84.7 Å². The van der Waals surface area contributed by atoms with Gasteiger partial charge >= 0.3 is 0 Å². The van der Waals surface area contributed by atoms with E-state index >= 15 is 0 Å². The van der Waals surface area contributed by atoms with E-state index in [1.165, 1.54) is 25.7 Å². The minimum absolute atomic E-state index is 0.0598. The standard InChI is InChI=1S/C9H19N5/c10-8(7-13-9(11)12)14-5-3-1-2-4-6-14/h10H,1-7H2,(H4,11,12,13). The van der Waals surface area contributed by atoms with Crippen LogP contribution in [-0.4, -0.2) is 36.3 Å². The second kappa shape index (κ2) is 5.47. The zero-order valence-corrected chi connectivity index (χ0v) is 8.50. The first-order valence-corrected chi connectivity index (χ1v) is 5.08. The van der Waals surface area contributed by atoms with Crippen molar-refractivity contribution >= 4 is 11.8 Å². The molecule has 0 aromatic carbocycles. The number of amidine groups is 1. The lowest BCUT2D eigenvalue weighted by atomic mass is 10.2. The largest absolute Gasteiger partial charge is 0.370 e. The summed E-state index contributed by atoms with van der Waals surface area (Å²) in [5, 5.41) is 7.78. The quantitative estimate of drug-likeness (QED) is 0.433. The maximum Gasteiger partial charge on any atom is 0.186 e. The number of nitrogens with zero attached hydrogens (tertiary/aromatic N) is 2. The van der Waals surface area contributed by atoms with Crippen LogP contribution in [0.15, 0.2) is 4.99 Å². The molecule has 5 N–H and O–H groups in total. The number of likely N-dealkylation sites (tertiary alicyclic amines) is 1. The van der Waals surface area contributed by atoms with Crippen molar-refractivity contribution in [3.8, 4) is 0 Å². The maximum absolute atomic E-state index is 7.78. The minimum atomic E-state index is 0.0598. The summed E-state index contributed by atoms with van der Waals surface area (Å²) in [6.45, 7) is 2.25. The van der Waals surface area contributed by atoms with Crippen molar-refractivity contribution in [2.24, 2.45) is 16.5 Å². The molecule has 0 bridgehead atoms. The summed E-state index contributed by atoms with van der Waals surface area (Å²) in [6, 6.07) is 0. The molecule has 1 aliphatic heterocycles. The average molecular weight is 197 g/mol. The highest BCUT2D eigenvalue weighted by molar-refractivity contribution is 5.85. The van der Waals surface area contributed by atoms with Crippen molar-refractivity contribution in [1.29, 1.82) is 5.41 Å². The van der Waals surface area contributed by atoms with Gasteiger partial charge in [0.25, 0.3) is 0 Å². The number of aliphatic imine (C=N–C) groups is 1. The summed E-state index contributed by atoms with van der Waals surface area (Å²) in [7, 11) is 0. The van der Waals surface area contributed by atoms with Crippen LogP contribution >= 0.6 is 0 Å². The predicted octanol–water partition coefficient (Wildman–Crippen LogP) is 0.113. The van der Waals surface area contributed by atoms with Gasteiger partial charge in [-0.1, -0.05) is 12.8 Å². The van der Waals surface area contributed by atoms with Crippen LogP contribution in [0.1, 0.15) is 25.7 Å². The van der Waals surface area contributed by atoms with Gasteiger partial charge < -0.3 is 16.4 Å². The molecule has 5 heteroatoms. The molecule has 5 nitrogen and oxygen atoms in total. The second-order valence-electron chi connectivity index (χ2n) is 3.59. The van der Waals surface area contributed by atoms with Crippen LogP contribution in [0.4, 0.5) is 0 Å². The SMILES string of the molecule is N=C(CN=C(N)N)N1CCCCCC1. The topological polar surface area (TPSA) is 91.5 Å². The Balaban J connectivity index is 2.38. The van der Waals surface area contributed by atoms with Gasteiger partial charge in [0.2, 0.25) is 0 Å². The van der Waals surface area contributed by atoms with E-state index in [0.717, 1.165) is 13.1 Å². The molecule has 0 unspecified atom stereocenters. The van der Waals surface area contributed by atoms with Crippen molar-refractivity contribution in [2.75, 3.05) is 19.6 Å². The van der Waals surface area contributed by atoms with Gasteiger partial charge in [-0.25, -0.2) is 4.99 Å². The van der Waals surface area contributed by atoms with E-state index in [2.05, 4.69) is 9.89 Å². The first kappa shape index (κ1) is 10.8. The Morgan fingerprint density at radius 3 is 2.21 bits per heavy atom. The summed E-state index contributed by atoms with van der Waals surface area (Å²) >= 11 is 0. The maximum atomic E-state index is 7.78. The van der Waals surface area contributed by atoms with E-state index in [9.17, 15) is 0 Å². The first-order valence-electron chi connectivity index (χ1n) is 5.08. The van der Waals surface area contributed by atoms with Gasteiger partial charge in [-0.2, -0.15) is 0 Å². The molecule has 0 amide bonds. The van der Waals surface area contributed by atoms with E-state index in [1.807, 2.05) is 0 Å². The van der Waals surface area contributed by atoms with Crippen molar-refractivity contribution in [1.82, 2.24) is 4.90 Å². The van der Waals surface area contributed by atoms with Crippen LogP contribution in [0.5, 0.6) is 0 Å². The van der Waals surface area contributed by atoms with Crippen LogP contribution in [0.3, 0.4) is 0 Å². The third-order valence-electron chi connectivity index (χ3n) is 2.40. The predicted molar refractivity (Wildman–Crippen MR) is 58.4 cm³/mol. The summed E-state index contributed by atoms with van der Waals surface area (Å²) in [5.74, 6) is 0.588. The second-order valence-corrected chi connectivity index (χ2v) is 3.59. The normalized spacial score (nSPS) is 17.3. The van der Waals surface area contributed by atoms with Crippen molar-refractivity contribution in [3.05, 3.63) is 0 Å². The molecule has 0 aromatic rings. The smallest absolute Gasteiger partial charge is 0.186 e. The fraction of sp³-hybridized carbons (Fsp3) is 0.778. The number of hydrogen-bond donors (Lipinski definition) is 3. The minimum Gasteiger partial charge on any atom is -0.370 e. The van der Waals surface area contributed by atoms with E-state index in [1.54, 1.807) is 0 Å². The molecule has 1 heterocycles. The molecular weight excluding hydrogens is 178 g/mol. The monoisotopic (exact) mass is 197 g/mol. The number of guanidine groups is 1. The molecule has 1 saturated heterocycles. The van der Waals surface area contributed by atoms with E-state index < -0.39 is 0 Å². The van der Waals surface area contributed by atoms with Crippen LogP contribution in [0.2, 0.25) is 0 Å². The fourth-order valence-corrected chi connectivity index (χ4v) is 1.61. The van der Waals surface area contributed by atoms with Gasteiger partial charge in [0, 0.05) is 13.1 Å². The third kappa shape index (κ3) is 3.64. The van der Waals surface area contributed by atoms with E-state index in [0.29, 0.717) is 12.4 Å². The van der Waals surface area contributed by atoms with Gasteiger partial charge in [-0.15, -0.1) is 0 Å². The van der Waals surface area contributed by atoms with E-state index in [-0.39, 0.29) is 5.96 Å². The van der Waals surface area contributed by atoms with Crippen molar-refractivity contribution < 1.29 is 0 Å². The van der Waals surface area contributed by atoms with Crippen molar-refractivity contribution in [2.45, 2.75) is 25.7 Å². The lowest BCUT2D eigenvalue weighted by Gasteiger charge is -2.21. The molecule has 1 aliphatic rings. The highest BCUT2D eigenvalue weighted by atomic mass is 15.2. The zero-order valence-electron chi connectivity index (χ0n) is 8.50. The van der Waals surface area contributed by atoms with Gasteiger partial charge in [-0.05, 0) is 12.8 Å². The van der Waals surface area contributed by atoms with Gasteiger partial charge in [0.05, 0.1) is 6.54 Å². The molecule has 14 heavy (non-hydrogen) atoms. The highest BCUT2D eigenvalue weighted by Crippen LogP contribution is 2.09. The number of nitrogens with one attached hydrogen (secondary N) is 1. The third-order valence-corrected chi connectivity index (χ3v) is 2.40. The van der Waals surface area contributed by atoms with Crippen LogP contribution in [0.25, 0.3) is 0 Å². The fourth-order valence-electron chi connectivity index (χ4n) is 1.61. The average Bonchev–Trinajstić information content (AvgIpc) is 2.42. The summed E-state index contributed by atoms with van der Waals surface area (Å²) in [6.07, 6.45) is 4.88. The summed E-state index contributed by atoms with van der Waals surface area (Å²) in [5.41, 5.74) is 10.4. The first-order chi connectivity index (χ1) is 6.70.